The fraction of sp³-hybridized carbons (Fsp3) is 0.357. The van der Waals surface area contributed by atoms with Crippen molar-refractivity contribution >= 4 is 64.0 Å². The number of carbonyl (C=O) groups is 1. The monoisotopic (exact) mass is 678 g/mol. The Labute approximate surface area is 272 Å². The lowest BCUT2D eigenvalue weighted by Crippen LogP contribution is -3.28. The van der Waals surface area contributed by atoms with Crippen molar-refractivity contribution < 1.29 is 48.9 Å². The predicted molar refractivity (Wildman–Crippen MR) is 155 cm³/mol. The van der Waals surface area contributed by atoms with Gasteiger partial charge in [-0.2, -0.15) is 0 Å². The normalized spacial score (nSPS) is 17.4. The van der Waals surface area contributed by atoms with E-state index < -0.39 is 5.97 Å². The summed E-state index contributed by atoms with van der Waals surface area (Å²) in [6, 6.07) is 15.4. The van der Waals surface area contributed by atoms with Crippen LogP contribution in [0.25, 0.3) is 0 Å². The number of carbonyl (C=O) groups excluding carboxylic acids is 1. The number of ether oxygens (including phenoxy) is 2. The van der Waals surface area contributed by atoms with Crippen molar-refractivity contribution in [3.8, 4) is 5.75 Å². The smallest absolute Gasteiger partial charge is 0.344 e. The molecular weight excluding hydrogens is 650 g/mol. The Balaban J connectivity index is 0.00000231. The molecule has 3 heterocycles. The molecule has 222 valence electrons. The predicted octanol–water partition coefficient (Wildman–Crippen LogP) is -2.55. The molecule has 0 aliphatic carbocycles. The largest absolute Gasteiger partial charge is 1.00 e. The molecule has 1 saturated heterocycles. The number of piperazine rings is 1. The van der Waals surface area contributed by atoms with Crippen LogP contribution in [0.15, 0.2) is 64.5 Å². The molecule has 2 aromatic carbocycles. The molecule has 0 amide bonds. The maximum atomic E-state index is 12.1. The fourth-order valence-corrected chi connectivity index (χ4v) is 6.73. The van der Waals surface area contributed by atoms with E-state index in [1.807, 2.05) is 6.07 Å². The number of hydrogen-bond acceptors (Lipinski definition) is 6. The molecule has 0 radical (unpaired) electrons. The number of pyridine rings is 1. The third-order valence-electron chi connectivity index (χ3n) is 6.97. The molecule has 7 nitrogen and oxygen atoms in total. The second kappa shape index (κ2) is 16.3. The Morgan fingerprint density at radius 2 is 1.66 bits per heavy atom. The van der Waals surface area contributed by atoms with Crippen molar-refractivity contribution in [2.75, 3.05) is 63.9 Å². The van der Waals surface area contributed by atoms with Crippen molar-refractivity contribution in [2.24, 2.45) is 0 Å². The maximum absolute atomic E-state index is 12.1. The zero-order chi connectivity index (χ0) is 27.2. The first-order valence-electron chi connectivity index (χ1n) is 13.1. The van der Waals surface area contributed by atoms with Gasteiger partial charge in [0.2, 0.25) is 0 Å². The van der Waals surface area contributed by atoms with Crippen LogP contribution < -0.4 is 44.3 Å². The lowest BCUT2D eigenvalue weighted by atomic mass is 10.2. The van der Waals surface area contributed by atoms with Crippen LogP contribution in [0, 0.1) is 0 Å². The van der Waals surface area contributed by atoms with Gasteiger partial charge in [-0.05, 0) is 36.4 Å². The van der Waals surface area contributed by atoms with Crippen LogP contribution in [0.5, 0.6) is 5.75 Å². The number of anilines is 2. The van der Waals surface area contributed by atoms with Crippen LogP contribution in [0.4, 0.5) is 11.5 Å². The minimum Gasteiger partial charge on any atom is -1.00 e. The van der Waals surface area contributed by atoms with Gasteiger partial charge in [0, 0.05) is 29.1 Å². The average Bonchev–Trinajstić information content (AvgIpc) is 2.93. The van der Waals surface area contributed by atoms with Gasteiger partial charge < -0.3 is 49.0 Å². The van der Waals surface area contributed by atoms with E-state index in [0.717, 1.165) is 62.9 Å². The minimum atomic E-state index is -0.402. The number of quaternary nitrogens is 2. The molecule has 5 rings (SSSR count). The number of para-hydroxylation sites is 1. The number of halogens is 5. The van der Waals surface area contributed by atoms with E-state index in [4.69, 9.17) is 44.3 Å². The van der Waals surface area contributed by atoms with E-state index in [1.54, 1.807) is 41.1 Å². The van der Waals surface area contributed by atoms with Crippen LogP contribution in [0.2, 0.25) is 15.1 Å². The van der Waals surface area contributed by atoms with E-state index in [0.29, 0.717) is 27.4 Å². The number of esters is 1. The summed E-state index contributed by atoms with van der Waals surface area (Å²) in [6.45, 7) is 7.38. The summed E-state index contributed by atoms with van der Waals surface area (Å²) in [6.07, 6.45) is 2.80. The topological polar surface area (TPSA) is 60.5 Å². The second-order valence-electron chi connectivity index (χ2n) is 9.63. The fourth-order valence-electron chi connectivity index (χ4n) is 4.94. The van der Waals surface area contributed by atoms with Crippen molar-refractivity contribution in [1.29, 1.82) is 0 Å². The molecular formula is C28H31Cl5N4O3S. The highest BCUT2D eigenvalue weighted by Gasteiger charge is 2.26. The van der Waals surface area contributed by atoms with Crippen molar-refractivity contribution in [3.63, 3.8) is 0 Å². The van der Waals surface area contributed by atoms with Gasteiger partial charge in [0.25, 0.3) is 0 Å². The van der Waals surface area contributed by atoms with Gasteiger partial charge in [-0.1, -0.05) is 58.7 Å². The number of hydrogen-bond donors (Lipinski definition) is 2. The molecule has 3 aromatic rings. The average molecular weight is 681 g/mol. The SMILES string of the molecule is O=C(COc1ccc(Cl)cc1Cl)OCC[NH+]1CC[NH+](CCCN2c3ccccc3Sc3cc(Cl)cnc32)CC1.[Cl-].[Cl-]. The zero-order valence-electron chi connectivity index (χ0n) is 22.2. The maximum Gasteiger partial charge on any atom is 0.344 e. The second-order valence-corrected chi connectivity index (χ2v) is 12.0. The highest BCUT2D eigenvalue weighted by Crippen LogP contribution is 2.47. The minimum absolute atomic E-state index is 0. The van der Waals surface area contributed by atoms with Gasteiger partial charge in [-0.15, -0.1) is 0 Å². The number of benzene rings is 2. The van der Waals surface area contributed by atoms with E-state index in [1.165, 1.54) is 15.5 Å². The molecule has 2 aliphatic heterocycles. The summed E-state index contributed by atoms with van der Waals surface area (Å²) in [4.78, 5) is 24.5. The highest BCUT2D eigenvalue weighted by molar-refractivity contribution is 7.99. The number of fused-ring (bicyclic) bond motifs is 2. The van der Waals surface area contributed by atoms with Crippen LogP contribution in [-0.4, -0.2) is 70.0 Å². The molecule has 1 aromatic heterocycles. The Bertz CT molecular complexity index is 1310. The van der Waals surface area contributed by atoms with Gasteiger partial charge in [-0.25, -0.2) is 9.78 Å². The first kappa shape index (κ1) is 33.9. The molecule has 0 saturated carbocycles. The van der Waals surface area contributed by atoms with Crippen molar-refractivity contribution in [1.82, 2.24) is 4.98 Å². The standard InChI is InChI=1S/C28H29Cl3N4O3S.2ClH/c29-20-6-7-24(22(31)16-20)38-19-27(36)37-15-14-34-12-10-33(11-13-34)8-3-9-35-23-4-1-2-5-25(23)39-26-17-21(30)18-32-28(26)35;;/h1-2,4-7,16-18H,3,8-15,19H2;2*1H. The van der Waals surface area contributed by atoms with Gasteiger partial charge in [0.1, 0.15) is 50.9 Å². The number of aromatic nitrogens is 1. The highest BCUT2D eigenvalue weighted by atomic mass is 35.5. The molecule has 41 heavy (non-hydrogen) atoms. The molecule has 2 N–H and O–H groups in total. The summed E-state index contributed by atoms with van der Waals surface area (Å²) >= 11 is 19.9. The Morgan fingerprint density at radius 3 is 2.41 bits per heavy atom. The summed E-state index contributed by atoms with van der Waals surface area (Å²) in [5.41, 5.74) is 1.21. The van der Waals surface area contributed by atoms with Crippen molar-refractivity contribution in [3.05, 3.63) is 69.8 Å². The van der Waals surface area contributed by atoms with Crippen LogP contribution in [-0.2, 0) is 9.53 Å². The molecule has 0 spiro atoms. The van der Waals surface area contributed by atoms with Crippen LogP contribution in [0.1, 0.15) is 6.42 Å². The van der Waals surface area contributed by atoms with Gasteiger partial charge in [-0.3, -0.25) is 0 Å². The van der Waals surface area contributed by atoms with E-state index in [-0.39, 0.29) is 31.4 Å². The number of nitrogens with one attached hydrogen (secondary N) is 2. The Hall–Kier alpha value is -1.62. The summed E-state index contributed by atoms with van der Waals surface area (Å²) in [5, 5.41) is 1.54. The molecule has 0 atom stereocenters. The Morgan fingerprint density at radius 1 is 0.927 bits per heavy atom. The number of rotatable bonds is 10. The Kier molecular flexibility index (Phi) is 13.5. The first-order valence-corrected chi connectivity index (χ1v) is 15.0. The summed E-state index contributed by atoms with van der Waals surface area (Å²) in [5.74, 6) is 1.00. The molecule has 1 fully saturated rings. The van der Waals surface area contributed by atoms with Crippen LogP contribution in [0.3, 0.4) is 0 Å². The van der Waals surface area contributed by atoms with Crippen molar-refractivity contribution in [2.45, 2.75) is 16.2 Å². The molecule has 2 aliphatic rings. The summed E-state index contributed by atoms with van der Waals surface area (Å²) < 4.78 is 10.8. The van der Waals surface area contributed by atoms with Crippen LogP contribution >= 0.6 is 46.6 Å². The number of nitrogens with zero attached hydrogens (tertiary/aromatic N) is 2. The van der Waals surface area contributed by atoms with E-state index in [2.05, 4.69) is 34.1 Å². The third-order valence-corrected chi connectivity index (χ3v) is 8.79. The molecule has 0 bridgehead atoms. The zero-order valence-corrected chi connectivity index (χ0v) is 26.8. The van der Waals surface area contributed by atoms with Gasteiger partial charge in [0.05, 0.1) is 27.2 Å². The lowest BCUT2D eigenvalue weighted by Gasteiger charge is -2.33. The van der Waals surface area contributed by atoms with E-state index >= 15 is 0 Å². The lowest BCUT2D eigenvalue weighted by molar-refractivity contribution is -1.01. The van der Waals surface area contributed by atoms with Gasteiger partial charge in [0.15, 0.2) is 6.61 Å². The van der Waals surface area contributed by atoms with E-state index in [9.17, 15) is 4.79 Å². The molecule has 0 unspecified atom stereocenters. The van der Waals surface area contributed by atoms with Gasteiger partial charge >= 0.3 is 5.97 Å². The molecule has 13 heteroatoms. The quantitative estimate of drug-likeness (QED) is 0.230. The summed E-state index contributed by atoms with van der Waals surface area (Å²) in [7, 11) is 0. The first-order chi connectivity index (χ1) is 19.0. The third kappa shape index (κ3) is 9.18.